The van der Waals surface area contributed by atoms with Crippen LogP contribution in [0.1, 0.15) is 32.8 Å². The van der Waals surface area contributed by atoms with Gasteiger partial charge in [-0.15, -0.1) is 24.0 Å². The highest BCUT2D eigenvalue weighted by molar-refractivity contribution is 14.0. The van der Waals surface area contributed by atoms with Crippen LogP contribution in [0, 0.1) is 0 Å². The van der Waals surface area contributed by atoms with E-state index in [0.29, 0.717) is 18.3 Å². The summed E-state index contributed by atoms with van der Waals surface area (Å²) in [6.45, 7) is 7.36. The summed E-state index contributed by atoms with van der Waals surface area (Å²) in [7, 11) is -3.30. The third-order valence-corrected chi connectivity index (χ3v) is 3.65. The van der Waals surface area contributed by atoms with Crippen molar-refractivity contribution in [3.05, 3.63) is 29.8 Å². The predicted molar refractivity (Wildman–Crippen MR) is 108 cm³/mol. The number of nitrogens with zero attached hydrogens (tertiary/aromatic N) is 1. The van der Waals surface area contributed by atoms with E-state index in [0.717, 1.165) is 30.7 Å². The van der Waals surface area contributed by atoms with Crippen LogP contribution in [0.3, 0.4) is 0 Å². The molecule has 0 radical (unpaired) electrons. The molecule has 0 aliphatic rings. The van der Waals surface area contributed by atoms with Gasteiger partial charge in [0.15, 0.2) is 5.96 Å². The molecule has 0 heterocycles. The summed E-state index contributed by atoms with van der Waals surface area (Å²) in [6, 6.07) is 7.59. The molecule has 132 valence electrons. The maximum absolute atomic E-state index is 11.4. The van der Waals surface area contributed by atoms with Crippen molar-refractivity contribution in [1.29, 1.82) is 0 Å². The number of aliphatic imine (C=N–C) groups is 1. The lowest BCUT2D eigenvalue weighted by atomic mass is 10.2. The lowest BCUT2D eigenvalue weighted by Crippen LogP contribution is -2.41. The summed E-state index contributed by atoms with van der Waals surface area (Å²) >= 11 is 0. The molecule has 1 atom stereocenters. The van der Waals surface area contributed by atoms with Crippen molar-refractivity contribution in [3.63, 3.8) is 0 Å². The van der Waals surface area contributed by atoms with Gasteiger partial charge in [-0.3, -0.25) is 4.72 Å². The molecule has 0 aromatic heterocycles. The van der Waals surface area contributed by atoms with E-state index < -0.39 is 10.0 Å². The molecule has 1 unspecified atom stereocenters. The Morgan fingerprint density at radius 3 is 2.48 bits per heavy atom. The van der Waals surface area contributed by atoms with Crippen molar-refractivity contribution >= 4 is 45.6 Å². The Kier molecular flexibility index (Phi) is 10.2. The Morgan fingerprint density at radius 1 is 1.26 bits per heavy atom. The SMILES string of the molecule is CCNC(=NCc1ccccc1NS(C)(=O)=O)NC(C)CC.I. The number of benzene rings is 1. The highest BCUT2D eigenvalue weighted by Crippen LogP contribution is 2.17. The van der Waals surface area contributed by atoms with Crippen LogP contribution in [0.4, 0.5) is 5.69 Å². The van der Waals surface area contributed by atoms with Gasteiger partial charge in [0.25, 0.3) is 0 Å². The van der Waals surface area contributed by atoms with E-state index in [1.54, 1.807) is 12.1 Å². The molecule has 0 fully saturated rings. The molecule has 8 heteroatoms. The van der Waals surface area contributed by atoms with Gasteiger partial charge >= 0.3 is 0 Å². The normalized spacial score (nSPS) is 13.0. The number of hydrogen-bond acceptors (Lipinski definition) is 3. The molecular formula is C15H27IN4O2S. The molecule has 1 rings (SSSR count). The van der Waals surface area contributed by atoms with Crippen molar-refractivity contribution in [2.24, 2.45) is 4.99 Å². The van der Waals surface area contributed by atoms with Crippen LogP contribution in [0.15, 0.2) is 29.3 Å². The third-order valence-electron chi connectivity index (χ3n) is 3.06. The second kappa shape index (κ2) is 10.7. The van der Waals surface area contributed by atoms with Gasteiger partial charge in [0.2, 0.25) is 10.0 Å². The number of hydrogen-bond donors (Lipinski definition) is 3. The van der Waals surface area contributed by atoms with Crippen molar-refractivity contribution in [3.8, 4) is 0 Å². The van der Waals surface area contributed by atoms with Crippen LogP contribution >= 0.6 is 24.0 Å². The maximum atomic E-state index is 11.4. The first-order valence-electron chi connectivity index (χ1n) is 7.46. The molecule has 1 aromatic rings. The monoisotopic (exact) mass is 454 g/mol. The Hall–Kier alpha value is -1.03. The van der Waals surface area contributed by atoms with Crippen molar-refractivity contribution in [2.75, 3.05) is 17.5 Å². The van der Waals surface area contributed by atoms with Crippen LogP contribution in [0.2, 0.25) is 0 Å². The summed E-state index contributed by atoms with van der Waals surface area (Å²) < 4.78 is 25.3. The molecule has 23 heavy (non-hydrogen) atoms. The van der Waals surface area contributed by atoms with Gasteiger partial charge < -0.3 is 10.6 Å². The van der Waals surface area contributed by atoms with Crippen LogP contribution < -0.4 is 15.4 Å². The first-order valence-corrected chi connectivity index (χ1v) is 9.35. The fourth-order valence-corrected chi connectivity index (χ4v) is 2.38. The largest absolute Gasteiger partial charge is 0.357 e. The molecule has 0 spiro atoms. The lowest BCUT2D eigenvalue weighted by molar-refractivity contribution is 0.606. The number of guanidine groups is 1. The van der Waals surface area contributed by atoms with E-state index in [1.165, 1.54) is 0 Å². The van der Waals surface area contributed by atoms with Gasteiger partial charge in [0, 0.05) is 12.6 Å². The third kappa shape index (κ3) is 8.99. The van der Waals surface area contributed by atoms with Crippen LogP contribution in [-0.4, -0.2) is 33.2 Å². The first-order chi connectivity index (χ1) is 10.4. The van der Waals surface area contributed by atoms with E-state index >= 15 is 0 Å². The zero-order valence-electron chi connectivity index (χ0n) is 14.1. The summed E-state index contributed by atoms with van der Waals surface area (Å²) in [6.07, 6.45) is 2.14. The van der Waals surface area contributed by atoms with Crippen LogP contribution in [0.25, 0.3) is 0 Å². The fourth-order valence-electron chi connectivity index (χ4n) is 1.78. The predicted octanol–water partition coefficient (Wildman–Crippen LogP) is 2.53. The topological polar surface area (TPSA) is 82.6 Å². The highest BCUT2D eigenvalue weighted by Gasteiger charge is 2.07. The average Bonchev–Trinajstić information content (AvgIpc) is 2.44. The Bertz CT molecular complexity index is 605. The summed E-state index contributed by atoms with van der Waals surface area (Å²) in [5.41, 5.74) is 1.39. The van der Waals surface area contributed by atoms with E-state index in [9.17, 15) is 8.42 Å². The number of halogens is 1. The van der Waals surface area contributed by atoms with Gasteiger partial charge in [-0.05, 0) is 31.9 Å². The molecule has 0 saturated heterocycles. The summed E-state index contributed by atoms with van der Waals surface area (Å²) in [4.78, 5) is 4.52. The number of sulfonamides is 1. The minimum Gasteiger partial charge on any atom is -0.357 e. The fraction of sp³-hybridized carbons (Fsp3) is 0.533. The van der Waals surface area contributed by atoms with E-state index in [1.807, 2.05) is 19.1 Å². The van der Waals surface area contributed by atoms with E-state index in [-0.39, 0.29) is 24.0 Å². The van der Waals surface area contributed by atoms with Gasteiger partial charge in [0.1, 0.15) is 0 Å². The van der Waals surface area contributed by atoms with Gasteiger partial charge in [-0.2, -0.15) is 0 Å². The number of para-hydroxylation sites is 1. The van der Waals surface area contributed by atoms with Crippen LogP contribution in [0.5, 0.6) is 0 Å². The molecule has 0 bridgehead atoms. The first kappa shape index (κ1) is 22.0. The lowest BCUT2D eigenvalue weighted by Gasteiger charge is -2.16. The maximum Gasteiger partial charge on any atom is 0.229 e. The number of nitrogens with one attached hydrogen (secondary N) is 3. The van der Waals surface area contributed by atoms with Gasteiger partial charge in [-0.25, -0.2) is 13.4 Å². The van der Waals surface area contributed by atoms with Crippen LogP contribution in [-0.2, 0) is 16.6 Å². The standard InChI is InChI=1S/C15H26N4O2S.HI/c1-5-12(3)18-15(16-6-2)17-11-13-9-7-8-10-14(13)19-22(4,20)21;/h7-10,12,19H,5-6,11H2,1-4H3,(H2,16,17,18);1H. The summed E-state index contributed by atoms with van der Waals surface area (Å²) in [5, 5.41) is 6.49. The van der Waals surface area contributed by atoms with Crippen molar-refractivity contribution in [1.82, 2.24) is 10.6 Å². The minimum absolute atomic E-state index is 0. The molecule has 1 aromatic carbocycles. The molecular weight excluding hydrogens is 427 g/mol. The summed E-state index contributed by atoms with van der Waals surface area (Å²) in [5.74, 6) is 0.728. The zero-order valence-corrected chi connectivity index (χ0v) is 17.2. The quantitative estimate of drug-likeness (QED) is 0.336. The second-order valence-corrected chi connectivity index (χ2v) is 6.93. The number of rotatable bonds is 7. The minimum atomic E-state index is -3.30. The smallest absolute Gasteiger partial charge is 0.229 e. The molecule has 6 nitrogen and oxygen atoms in total. The molecule has 0 saturated carbocycles. The zero-order chi connectivity index (χ0) is 16.6. The molecule has 0 amide bonds. The molecule has 0 aliphatic heterocycles. The van der Waals surface area contributed by atoms with E-state index in [2.05, 4.69) is 34.2 Å². The van der Waals surface area contributed by atoms with E-state index in [4.69, 9.17) is 0 Å². The Balaban J connectivity index is 0.00000484. The van der Waals surface area contributed by atoms with Gasteiger partial charge in [0.05, 0.1) is 18.5 Å². The van der Waals surface area contributed by atoms with Gasteiger partial charge in [-0.1, -0.05) is 25.1 Å². The Morgan fingerprint density at radius 2 is 1.91 bits per heavy atom. The average molecular weight is 454 g/mol. The second-order valence-electron chi connectivity index (χ2n) is 5.18. The number of anilines is 1. The molecule has 0 aliphatic carbocycles. The van der Waals surface area contributed by atoms with Crippen molar-refractivity contribution in [2.45, 2.75) is 39.8 Å². The molecule has 3 N–H and O–H groups in total. The van der Waals surface area contributed by atoms with Crippen molar-refractivity contribution < 1.29 is 8.42 Å². The Labute approximate surface area is 156 Å². The highest BCUT2D eigenvalue weighted by atomic mass is 127.